The maximum atomic E-state index is 13.0. The van der Waals surface area contributed by atoms with Gasteiger partial charge >= 0.3 is 0 Å². The number of nitrogens with zero attached hydrogens (tertiary/aromatic N) is 3. The highest BCUT2D eigenvalue weighted by Gasteiger charge is 2.18. The topological polar surface area (TPSA) is 68.6 Å². The summed E-state index contributed by atoms with van der Waals surface area (Å²) in [6, 6.07) is 13.4. The lowest BCUT2D eigenvalue weighted by atomic mass is 10.2. The third kappa shape index (κ3) is 4.67. The number of hydrogen-bond donors (Lipinski definition) is 1. The number of rotatable bonds is 7. The molecule has 0 spiro atoms. The number of aromatic nitrogens is 2. The molecule has 152 valence electrons. The zero-order valence-electron chi connectivity index (χ0n) is 16.3. The molecule has 1 aromatic carbocycles. The molecule has 1 fully saturated rings. The van der Waals surface area contributed by atoms with Gasteiger partial charge in [-0.2, -0.15) is 5.10 Å². The van der Waals surface area contributed by atoms with E-state index < -0.39 is 0 Å². The minimum absolute atomic E-state index is 0.135. The molecule has 3 aromatic rings. The van der Waals surface area contributed by atoms with E-state index in [-0.39, 0.29) is 5.91 Å². The predicted octanol–water partition coefficient (Wildman–Crippen LogP) is 2.67. The van der Waals surface area contributed by atoms with Gasteiger partial charge in [-0.1, -0.05) is 6.07 Å². The Hall–Kier alpha value is -2.68. The monoisotopic (exact) mass is 412 g/mol. The second kappa shape index (κ2) is 9.21. The zero-order chi connectivity index (χ0) is 20.1. The van der Waals surface area contributed by atoms with Crippen LogP contribution in [0.4, 0.5) is 0 Å². The Morgan fingerprint density at radius 1 is 1.24 bits per heavy atom. The van der Waals surface area contributed by atoms with Crippen LogP contribution in [0.1, 0.15) is 10.5 Å². The molecular weight excluding hydrogens is 388 g/mol. The molecule has 1 N–H and O–H groups in total. The molecule has 3 heterocycles. The molecular formula is C21H24N4O3S. The molecule has 0 aliphatic carbocycles. The minimum Gasteiger partial charge on any atom is -0.497 e. The van der Waals surface area contributed by atoms with Crippen molar-refractivity contribution in [2.24, 2.45) is 0 Å². The van der Waals surface area contributed by atoms with Gasteiger partial charge in [0.1, 0.15) is 17.1 Å². The number of amides is 1. The number of thiophene rings is 1. The SMILES string of the molecule is COc1ccc(-n2nc(-c3cccs3)cc2C(=O)NCCN2CCOCC2)cc1. The Morgan fingerprint density at radius 3 is 2.72 bits per heavy atom. The van der Waals surface area contributed by atoms with Crippen molar-refractivity contribution in [1.82, 2.24) is 20.0 Å². The minimum atomic E-state index is -0.135. The molecule has 8 heteroatoms. The molecule has 0 atom stereocenters. The molecule has 1 aliphatic rings. The first-order valence-electron chi connectivity index (χ1n) is 9.61. The molecule has 7 nitrogen and oxygen atoms in total. The van der Waals surface area contributed by atoms with E-state index in [1.165, 1.54) is 0 Å². The van der Waals surface area contributed by atoms with Crippen LogP contribution in [0.15, 0.2) is 47.8 Å². The summed E-state index contributed by atoms with van der Waals surface area (Å²) in [6.45, 7) is 4.71. The molecule has 0 radical (unpaired) electrons. The summed E-state index contributed by atoms with van der Waals surface area (Å²) in [4.78, 5) is 16.3. The van der Waals surface area contributed by atoms with Crippen molar-refractivity contribution in [3.63, 3.8) is 0 Å². The third-order valence-electron chi connectivity index (χ3n) is 4.85. The summed E-state index contributed by atoms with van der Waals surface area (Å²) >= 11 is 1.60. The summed E-state index contributed by atoms with van der Waals surface area (Å²) in [5.41, 5.74) is 2.11. The van der Waals surface area contributed by atoms with Gasteiger partial charge in [0.2, 0.25) is 0 Å². The third-order valence-corrected chi connectivity index (χ3v) is 5.74. The number of methoxy groups -OCH3 is 1. The van der Waals surface area contributed by atoms with Crippen molar-refractivity contribution >= 4 is 17.2 Å². The van der Waals surface area contributed by atoms with Crippen LogP contribution >= 0.6 is 11.3 Å². The fourth-order valence-electron chi connectivity index (χ4n) is 3.25. The first kappa shape index (κ1) is 19.6. The number of benzene rings is 1. The van der Waals surface area contributed by atoms with Crippen LogP contribution in [-0.4, -0.2) is 67.1 Å². The molecule has 0 unspecified atom stereocenters. The van der Waals surface area contributed by atoms with Gasteiger partial charge in [-0.25, -0.2) is 4.68 Å². The van der Waals surface area contributed by atoms with E-state index in [2.05, 4.69) is 10.2 Å². The fourth-order valence-corrected chi connectivity index (χ4v) is 3.93. The van der Waals surface area contributed by atoms with Crippen LogP contribution in [0.5, 0.6) is 5.75 Å². The van der Waals surface area contributed by atoms with E-state index >= 15 is 0 Å². The van der Waals surface area contributed by atoms with Crippen LogP contribution < -0.4 is 10.1 Å². The smallest absolute Gasteiger partial charge is 0.270 e. The summed E-state index contributed by atoms with van der Waals surface area (Å²) in [6.07, 6.45) is 0. The maximum Gasteiger partial charge on any atom is 0.270 e. The van der Waals surface area contributed by atoms with E-state index in [1.807, 2.05) is 47.8 Å². The van der Waals surface area contributed by atoms with Gasteiger partial charge in [-0.05, 0) is 41.8 Å². The maximum absolute atomic E-state index is 13.0. The molecule has 0 saturated carbocycles. The molecule has 2 aromatic heterocycles. The lowest BCUT2D eigenvalue weighted by Gasteiger charge is -2.26. The number of carbonyl (C=O) groups is 1. The zero-order valence-corrected chi connectivity index (χ0v) is 17.2. The van der Waals surface area contributed by atoms with Gasteiger partial charge in [-0.15, -0.1) is 11.3 Å². The van der Waals surface area contributed by atoms with Gasteiger partial charge in [0.05, 0.1) is 30.9 Å². The molecule has 4 rings (SSSR count). The second-order valence-electron chi connectivity index (χ2n) is 6.71. The Balaban J connectivity index is 1.54. The highest BCUT2D eigenvalue weighted by molar-refractivity contribution is 7.13. The molecule has 29 heavy (non-hydrogen) atoms. The highest BCUT2D eigenvalue weighted by atomic mass is 32.1. The summed E-state index contributed by atoms with van der Waals surface area (Å²) in [5.74, 6) is 0.625. The highest BCUT2D eigenvalue weighted by Crippen LogP contribution is 2.26. The van der Waals surface area contributed by atoms with Crippen LogP contribution in [-0.2, 0) is 4.74 Å². The Bertz CT molecular complexity index is 932. The number of hydrogen-bond acceptors (Lipinski definition) is 6. The van der Waals surface area contributed by atoms with Crippen molar-refractivity contribution in [3.05, 3.63) is 53.5 Å². The van der Waals surface area contributed by atoms with Gasteiger partial charge in [0.25, 0.3) is 5.91 Å². The van der Waals surface area contributed by atoms with Crippen LogP contribution in [0, 0.1) is 0 Å². The summed E-state index contributed by atoms with van der Waals surface area (Å²) in [7, 11) is 1.63. The fraction of sp³-hybridized carbons (Fsp3) is 0.333. The van der Waals surface area contributed by atoms with Crippen molar-refractivity contribution in [2.75, 3.05) is 46.5 Å². The van der Waals surface area contributed by atoms with E-state index in [0.29, 0.717) is 12.2 Å². The lowest BCUT2D eigenvalue weighted by molar-refractivity contribution is 0.0383. The van der Waals surface area contributed by atoms with Gasteiger partial charge in [-0.3, -0.25) is 9.69 Å². The van der Waals surface area contributed by atoms with Gasteiger partial charge in [0, 0.05) is 26.2 Å². The number of carbonyl (C=O) groups excluding carboxylic acids is 1. The van der Waals surface area contributed by atoms with Crippen LogP contribution in [0.25, 0.3) is 16.3 Å². The Kier molecular flexibility index (Phi) is 6.24. The standard InChI is InChI=1S/C21H24N4O3S/c1-27-17-6-4-16(5-7-17)25-19(15-18(23-25)20-3-2-14-29-20)21(26)22-8-9-24-10-12-28-13-11-24/h2-7,14-15H,8-13H2,1H3,(H,22,26). The Labute approximate surface area is 173 Å². The molecule has 1 amide bonds. The van der Waals surface area contributed by atoms with E-state index in [4.69, 9.17) is 14.6 Å². The molecule has 0 bridgehead atoms. The predicted molar refractivity (Wildman–Crippen MR) is 113 cm³/mol. The first-order chi connectivity index (χ1) is 14.2. The van der Waals surface area contributed by atoms with Gasteiger partial charge < -0.3 is 14.8 Å². The van der Waals surface area contributed by atoms with E-state index in [0.717, 1.165) is 54.9 Å². The molecule has 1 aliphatic heterocycles. The average molecular weight is 413 g/mol. The Morgan fingerprint density at radius 2 is 2.03 bits per heavy atom. The van der Waals surface area contributed by atoms with Crippen molar-refractivity contribution < 1.29 is 14.3 Å². The van der Waals surface area contributed by atoms with Gasteiger partial charge in [0.15, 0.2) is 0 Å². The number of morpholine rings is 1. The van der Waals surface area contributed by atoms with Crippen molar-refractivity contribution in [2.45, 2.75) is 0 Å². The first-order valence-corrected chi connectivity index (χ1v) is 10.5. The molecule has 1 saturated heterocycles. The summed E-state index contributed by atoms with van der Waals surface area (Å²) < 4.78 is 12.3. The van der Waals surface area contributed by atoms with Crippen LogP contribution in [0.3, 0.4) is 0 Å². The number of nitrogens with one attached hydrogen (secondary N) is 1. The lowest BCUT2D eigenvalue weighted by Crippen LogP contribution is -2.41. The second-order valence-corrected chi connectivity index (χ2v) is 7.66. The van der Waals surface area contributed by atoms with Crippen molar-refractivity contribution in [3.8, 4) is 22.0 Å². The average Bonchev–Trinajstić information content (AvgIpc) is 3.44. The normalized spacial score (nSPS) is 14.7. The van der Waals surface area contributed by atoms with Crippen molar-refractivity contribution in [1.29, 1.82) is 0 Å². The van der Waals surface area contributed by atoms with E-state index in [9.17, 15) is 4.79 Å². The number of ether oxygens (including phenoxy) is 2. The van der Waals surface area contributed by atoms with Crippen LogP contribution in [0.2, 0.25) is 0 Å². The summed E-state index contributed by atoms with van der Waals surface area (Å²) in [5, 5.41) is 9.73. The quantitative estimate of drug-likeness (QED) is 0.646. The van der Waals surface area contributed by atoms with E-state index in [1.54, 1.807) is 23.1 Å². The largest absolute Gasteiger partial charge is 0.497 e.